The first-order valence-electron chi connectivity index (χ1n) is 9.24. The van der Waals surface area contributed by atoms with E-state index in [1.807, 2.05) is 30.5 Å². The van der Waals surface area contributed by atoms with Crippen LogP contribution < -0.4 is 10.2 Å². The molecule has 0 bridgehead atoms. The molecule has 1 saturated heterocycles. The van der Waals surface area contributed by atoms with Crippen LogP contribution in [0.25, 0.3) is 11.8 Å². The number of urea groups is 1. The lowest BCUT2D eigenvalue weighted by Crippen LogP contribution is -2.54. The van der Waals surface area contributed by atoms with Gasteiger partial charge in [0.1, 0.15) is 5.57 Å². The number of aromatic nitrogens is 2. The second-order valence-electron chi connectivity index (χ2n) is 6.90. The minimum Gasteiger partial charge on any atom is -0.316 e. The molecular weight excluding hydrogens is 439 g/mol. The highest BCUT2D eigenvalue weighted by Gasteiger charge is 2.37. The standard InChI is InChI=1S/C22H16Cl2N4O3/c1-12-10-14(13(2)27(12)18-5-3-4-17(23)19(18)24)11-16-20(29)26-22(31)28(21(16)30)15-6-8-25-9-7-15/h3-11H,1-2H3,(H,26,29,31)/b16-11+. The first kappa shape index (κ1) is 20.8. The van der Waals surface area contributed by atoms with Crippen molar-refractivity contribution in [3.05, 3.63) is 81.4 Å². The summed E-state index contributed by atoms with van der Waals surface area (Å²) in [6.45, 7) is 3.72. The molecule has 1 aliphatic rings. The first-order valence-corrected chi connectivity index (χ1v) is 10.00. The van der Waals surface area contributed by atoms with E-state index in [2.05, 4.69) is 10.3 Å². The van der Waals surface area contributed by atoms with Gasteiger partial charge in [0.15, 0.2) is 0 Å². The molecule has 156 valence electrons. The molecule has 0 atom stereocenters. The van der Waals surface area contributed by atoms with Crippen LogP contribution in [-0.4, -0.2) is 27.4 Å². The Balaban J connectivity index is 1.79. The van der Waals surface area contributed by atoms with Crippen LogP contribution >= 0.6 is 23.2 Å². The second kappa shape index (κ2) is 8.02. The number of hydrogen-bond acceptors (Lipinski definition) is 4. The summed E-state index contributed by atoms with van der Waals surface area (Å²) in [6, 6.07) is 9.35. The highest BCUT2D eigenvalue weighted by molar-refractivity contribution is 6.43. The predicted octanol–water partition coefficient (Wildman–Crippen LogP) is 4.46. The van der Waals surface area contributed by atoms with Crippen molar-refractivity contribution in [1.82, 2.24) is 14.9 Å². The largest absolute Gasteiger partial charge is 0.335 e. The summed E-state index contributed by atoms with van der Waals surface area (Å²) in [5, 5.41) is 3.02. The minimum atomic E-state index is -0.811. The molecular formula is C22H16Cl2N4O3. The summed E-state index contributed by atoms with van der Waals surface area (Å²) >= 11 is 12.5. The predicted molar refractivity (Wildman–Crippen MR) is 119 cm³/mol. The maximum atomic E-state index is 13.0. The fraction of sp³-hybridized carbons (Fsp3) is 0.0909. The minimum absolute atomic E-state index is 0.158. The SMILES string of the molecule is Cc1cc(/C=C2\C(=O)NC(=O)N(c3ccncc3)C2=O)c(C)n1-c1cccc(Cl)c1Cl. The number of pyridine rings is 1. The van der Waals surface area contributed by atoms with Gasteiger partial charge in [-0.3, -0.25) is 19.9 Å². The number of aryl methyl sites for hydroxylation is 1. The zero-order valence-electron chi connectivity index (χ0n) is 16.5. The topological polar surface area (TPSA) is 84.3 Å². The molecule has 0 aliphatic carbocycles. The fourth-order valence-corrected chi connectivity index (χ4v) is 3.89. The van der Waals surface area contributed by atoms with Crippen LogP contribution in [0.1, 0.15) is 17.0 Å². The van der Waals surface area contributed by atoms with E-state index < -0.39 is 17.8 Å². The maximum absolute atomic E-state index is 13.0. The van der Waals surface area contributed by atoms with E-state index in [9.17, 15) is 14.4 Å². The maximum Gasteiger partial charge on any atom is 0.335 e. The Hall–Kier alpha value is -3.42. The normalized spacial score (nSPS) is 15.5. The van der Waals surface area contributed by atoms with Gasteiger partial charge in [0.05, 0.1) is 21.4 Å². The van der Waals surface area contributed by atoms with E-state index in [1.54, 1.807) is 12.1 Å². The average Bonchev–Trinajstić information content (AvgIpc) is 3.01. The first-order chi connectivity index (χ1) is 14.8. The van der Waals surface area contributed by atoms with E-state index in [0.29, 0.717) is 27.0 Å². The van der Waals surface area contributed by atoms with E-state index in [1.165, 1.54) is 30.6 Å². The lowest BCUT2D eigenvalue weighted by Gasteiger charge is -2.26. The van der Waals surface area contributed by atoms with Crippen molar-refractivity contribution in [2.24, 2.45) is 0 Å². The summed E-state index contributed by atoms with van der Waals surface area (Å²) in [5.41, 5.74) is 3.06. The van der Waals surface area contributed by atoms with Crippen molar-refractivity contribution in [2.45, 2.75) is 13.8 Å². The number of anilines is 1. The number of benzene rings is 1. The van der Waals surface area contributed by atoms with Gasteiger partial charge in [-0.1, -0.05) is 29.3 Å². The lowest BCUT2D eigenvalue weighted by atomic mass is 10.1. The monoisotopic (exact) mass is 454 g/mol. The van der Waals surface area contributed by atoms with E-state index >= 15 is 0 Å². The molecule has 1 aromatic carbocycles. The molecule has 2 aromatic heterocycles. The Morgan fingerprint density at radius 3 is 2.45 bits per heavy atom. The van der Waals surface area contributed by atoms with Gasteiger partial charge in [-0.25, -0.2) is 9.69 Å². The molecule has 1 aliphatic heterocycles. The summed E-state index contributed by atoms with van der Waals surface area (Å²) in [4.78, 5) is 42.6. The third-order valence-electron chi connectivity index (χ3n) is 4.96. The molecule has 4 amide bonds. The highest BCUT2D eigenvalue weighted by atomic mass is 35.5. The van der Waals surface area contributed by atoms with Crippen LogP contribution in [-0.2, 0) is 9.59 Å². The van der Waals surface area contributed by atoms with Crippen LogP contribution in [0.3, 0.4) is 0 Å². The zero-order chi connectivity index (χ0) is 22.3. The van der Waals surface area contributed by atoms with Gasteiger partial charge in [-0.15, -0.1) is 0 Å². The number of halogens is 2. The van der Waals surface area contributed by atoms with Crippen LogP contribution in [0.15, 0.2) is 54.4 Å². The number of carbonyl (C=O) groups is 3. The van der Waals surface area contributed by atoms with Crippen LogP contribution in [0, 0.1) is 13.8 Å². The Bertz CT molecular complexity index is 1270. The van der Waals surface area contributed by atoms with Gasteiger partial charge in [0.25, 0.3) is 11.8 Å². The number of imide groups is 2. The Labute approximate surface area is 187 Å². The van der Waals surface area contributed by atoms with Crippen LogP contribution in [0.5, 0.6) is 0 Å². The number of amides is 4. The Kier molecular flexibility index (Phi) is 5.39. The molecule has 3 aromatic rings. The Morgan fingerprint density at radius 1 is 1.03 bits per heavy atom. The summed E-state index contributed by atoms with van der Waals surface area (Å²) in [7, 11) is 0. The molecule has 4 rings (SSSR count). The van der Waals surface area contributed by atoms with Crippen molar-refractivity contribution in [1.29, 1.82) is 0 Å². The van der Waals surface area contributed by atoms with Crippen molar-refractivity contribution in [2.75, 3.05) is 4.90 Å². The number of barbiturate groups is 1. The third-order valence-corrected chi connectivity index (χ3v) is 5.77. The lowest BCUT2D eigenvalue weighted by molar-refractivity contribution is -0.122. The number of rotatable bonds is 3. The molecule has 0 spiro atoms. The second-order valence-corrected chi connectivity index (χ2v) is 7.68. The molecule has 1 fully saturated rings. The molecule has 9 heteroatoms. The number of nitrogens with one attached hydrogen (secondary N) is 1. The van der Waals surface area contributed by atoms with Crippen molar-refractivity contribution in [3.8, 4) is 5.69 Å². The van der Waals surface area contributed by atoms with Gasteiger partial charge in [-0.2, -0.15) is 0 Å². The number of nitrogens with zero attached hydrogens (tertiary/aromatic N) is 3. The molecule has 1 N–H and O–H groups in total. The molecule has 7 nitrogen and oxygen atoms in total. The van der Waals surface area contributed by atoms with Gasteiger partial charge in [-0.05, 0) is 55.8 Å². The molecule has 0 saturated carbocycles. The molecule has 31 heavy (non-hydrogen) atoms. The molecule has 0 unspecified atom stereocenters. The van der Waals surface area contributed by atoms with Crippen LogP contribution in [0.4, 0.5) is 10.5 Å². The van der Waals surface area contributed by atoms with Crippen molar-refractivity contribution < 1.29 is 14.4 Å². The van der Waals surface area contributed by atoms with E-state index in [-0.39, 0.29) is 5.57 Å². The Morgan fingerprint density at radius 2 is 1.74 bits per heavy atom. The third kappa shape index (κ3) is 3.62. The van der Waals surface area contributed by atoms with E-state index in [0.717, 1.165) is 16.3 Å². The highest BCUT2D eigenvalue weighted by Crippen LogP contribution is 2.32. The number of hydrogen-bond donors (Lipinski definition) is 1. The summed E-state index contributed by atoms with van der Waals surface area (Å²) in [6.07, 6.45) is 4.38. The van der Waals surface area contributed by atoms with Gasteiger partial charge < -0.3 is 4.57 Å². The van der Waals surface area contributed by atoms with Gasteiger partial charge in [0, 0.05) is 23.8 Å². The summed E-state index contributed by atoms with van der Waals surface area (Å²) < 4.78 is 1.89. The average molecular weight is 455 g/mol. The fourth-order valence-electron chi connectivity index (χ4n) is 3.51. The van der Waals surface area contributed by atoms with Crippen molar-refractivity contribution >= 4 is 52.8 Å². The summed E-state index contributed by atoms with van der Waals surface area (Å²) in [5.74, 6) is -1.48. The van der Waals surface area contributed by atoms with E-state index in [4.69, 9.17) is 23.2 Å². The smallest absolute Gasteiger partial charge is 0.316 e. The quantitative estimate of drug-likeness (QED) is 0.467. The zero-order valence-corrected chi connectivity index (χ0v) is 18.0. The van der Waals surface area contributed by atoms with Gasteiger partial charge >= 0.3 is 6.03 Å². The molecule has 0 radical (unpaired) electrons. The van der Waals surface area contributed by atoms with Crippen molar-refractivity contribution in [3.63, 3.8) is 0 Å². The number of carbonyl (C=O) groups excluding carboxylic acids is 3. The van der Waals surface area contributed by atoms with Gasteiger partial charge in [0.2, 0.25) is 0 Å². The van der Waals surface area contributed by atoms with Crippen LogP contribution in [0.2, 0.25) is 10.0 Å². The molecule has 3 heterocycles.